The van der Waals surface area contributed by atoms with Gasteiger partial charge < -0.3 is 15.0 Å². The summed E-state index contributed by atoms with van der Waals surface area (Å²) in [7, 11) is 0. The van der Waals surface area contributed by atoms with E-state index >= 15 is 0 Å². The van der Waals surface area contributed by atoms with Crippen molar-refractivity contribution in [2.45, 2.75) is 33.1 Å². The molecule has 0 saturated heterocycles. The number of aryl methyl sites for hydroxylation is 1. The van der Waals surface area contributed by atoms with Crippen molar-refractivity contribution in [2.24, 2.45) is 0 Å². The van der Waals surface area contributed by atoms with E-state index in [2.05, 4.69) is 35.3 Å². The van der Waals surface area contributed by atoms with Gasteiger partial charge >= 0.3 is 0 Å². The fraction of sp³-hybridized carbons (Fsp3) is 0.409. The first-order valence-corrected chi connectivity index (χ1v) is 9.59. The predicted octanol–water partition coefficient (Wildman–Crippen LogP) is 3.83. The molecule has 0 unspecified atom stereocenters. The Hall–Kier alpha value is -2.49. The Morgan fingerprint density at radius 1 is 1.15 bits per heavy atom. The number of benzene rings is 2. The van der Waals surface area contributed by atoms with Crippen LogP contribution in [0.25, 0.3) is 0 Å². The van der Waals surface area contributed by atoms with Crippen molar-refractivity contribution in [3.8, 4) is 5.75 Å². The molecule has 1 N–H and O–H groups in total. The average molecular weight is 352 g/mol. The lowest BCUT2D eigenvalue weighted by atomic mass is 9.98. The summed E-state index contributed by atoms with van der Waals surface area (Å²) in [4.78, 5) is 14.7. The maximum Gasteiger partial charge on any atom is 0.251 e. The molecule has 1 heterocycles. The van der Waals surface area contributed by atoms with E-state index < -0.39 is 0 Å². The molecule has 4 nitrogen and oxygen atoms in total. The van der Waals surface area contributed by atoms with Crippen LogP contribution in [0, 0.1) is 0 Å². The van der Waals surface area contributed by atoms with E-state index in [9.17, 15) is 4.79 Å². The zero-order chi connectivity index (χ0) is 18.4. The van der Waals surface area contributed by atoms with Gasteiger partial charge in [-0.15, -0.1) is 0 Å². The van der Waals surface area contributed by atoms with Crippen LogP contribution in [0.15, 0.2) is 42.5 Å². The second-order valence-corrected chi connectivity index (χ2v) is 6.61. The van der Waals surface area contributed by atoms with Crippen molar-refractivity contribution >= 4 is 11.6 Å². The quantitative estimate of drug-likeness (QED) is 0.823. The normalized spacial score (nSPS) is 13.2. The first-order chi connectivity index (χ1) is 12.7. The first-order valence-electron chi connectivity index (χ1n) is 9.59. The smallest absolute Gasteiger partial charge is 0.251 e. The first kappa shape index (κ1) is 18.3. The summed E-state index contributed by atoms with van der Waals surface area (Å²) < 4.78 is 5.41. The SMILES string of the molecule is CCOc1ccc(C(=O)NCCc2ccc3c(c2)CCCN3CC)cc1. The molecule has 0 saturated carbocycles. The Morgan fingerprint density at radius 3 is 2.69 bits per heavy atom. The van der Waals surface area contributed by atoms with E-state index in [1.54, 1.807) is 12.1 Å². The van der Waals surface area contributed by atoms with Crippen molar-refractivity contribution < 1.29 is 9.53 Å². The van der Waals surface area contributed by atoms with E-state index in [1.165, 1.54) is 23.2 Å². The lowest BCUT2D eigenvalue weighted by molar-refractivity contribution is 0.0954. The molecule has 1 amide bonds. The van der Waals surface area contributed by atoms with Gasteiger partial charge in [-0.3, -0.25) is 4.79 Å². The van der Waals surface area contributed by atoms with Gasteiger partial charge in [-0.05, 0) is 74.6 Å². The fourth-order valence-corrected chi connectivity index (χ4v) is 3.50. The highest BCUT2D eigenvalue weighted by atomic mass is 16.5. The number of carbonyl (C=O) groups is 1. The fourth-order valence-electron chi connectivity index (χ4n) is 3.50. The number of fused-ring (bicyclic) bond motifs is 1. The molecule has 3 rings (SSSR count). The topological polar surface area (TPSA) is 41.6 Å². The largest absolute Gasteiger partial charge is 0.494 e. The summed E-state index contributed by atoms with van der Waals surface area (Å²) in [5.74, 6) is 0.752. The molecule has 0 aliphatic carbocycles. The van der Waals surface area contributed by atoms with Crippen molar-refractivity contribution in [1.29, 1.82) is 0 Å². The van der Waals surface area contributed by atoms with Gasteiger partial charge in [0.2, 0.25) is 0 Å². The average Bonchev–Trinajstić information content (AvgIpc) is 2.68. The van der Waals surface area contributed by atoms with Crippen LogP contribution in [0.4, 0.5) is 5.69 Å². The van der Waals surface area contributed by atoms with Crippen molar-refractivity contribution in [1.82, 2.24) is 5.32 Å². The second kappa shape index (κ2) is 8.75. The molecule has 2 aromatic carbocycles. The molecular weight excluding hydrogens is 324 g/mol. The Balaban J connectivity index is 1.54. The Labute approximate surface area is 156 Å². The van der Waals surface area contributed by atoms with Gasteiger partial charge in [0.15, 0.2) is 0 Å². The third kappa shape index (κ3) is 4.37. The zero-order valence-electron chi connectivity index (χ0n) is 15.8. The zero-order valence-corrected chi connectivity index (χ0v) is 15.8. The highest BCUT2D eigenvalue weighted by Crippen LogP contribution is 2.27. The van der Waals surface area contributed by atoms with Crippen molar-refractivity contribution in [3.05, 3.63) is 59.2 Å². The molecule has 4 heteroatoms. The van der Waals surface area contributed by atoms with Gasteiger partial charge in [-0.2, -0.15) is 0 Å². The number of amides is 1. The molecular formula is C22H28N2O2. The molecule has 0 aromatic heterocycles. The number of rotatable bonds is 7. The predicted molar refractivity (Wildman–Crippen MR) is 106 cm³/mol. The highest BCUT2D eigenvalue weighted by molar-refractivity contribution is 5.94. The van der Waals surface area contributed by atoms with Crippen LogP contribution in [0.3, 0.4) is 0 Å². The van der Waals surface area contributed by atoms with E-state index in [0.717, 1.165) is 31.7 Å². The van der Waals surface area contributed by atoms with E-state index in [1.807, 2.05) is 19.1 Å². The third-order valence-electron chi connectivity index (χ3n) is 4.87. The van der Waals surface area contributed by atoms with E-state index in [0.29, 0.717) is 18.7 Å². The number of nitrogens with one attached hydrogen (secondary N) is 1. The third-order valence-corrected chi connectivity index (χ3v) is 4.87. The van der Waals surface area contributed by atoms with Crippen molar-refractivity contribution in [3.63, 3.8) is 0 Å². The summed E-state index contributed by atoms with van der Waals surface area (Å²) >= 11 is 0. The van der Waals surface area contributed by atoms with Gasteiger partial charge in [-0.25, -0.2) is 0 Å². The minimum atomic E-state index is -0.0387. The van der Waals surface area contributed by atoms with Crippen LogP contribution in [0.1, 0.15) is 41.8 Å². The Kier molecular flexibility index (Phi) is 6.16. The van der Waals surface area contributed by atoms with Gasteiger partial charge in [0.25, 0.3) is 5.91 Å². The number of anilines is 1. The minimum absolute atomic E-state index is 0.0387. The molecule has 1 aliphatic rings. The molecule has 0 spiro atoms. The molecule has 2 aromatic rings. The monoisotopic (exact) mass is 352 g/mol. The Morgan fingerprint density at radius 2 is 1.96 bits per heavy atom. The Bertz CT molecular complexity index is 740. The molecule has 0 radical (unpaired) electrons. The van der Waals surface area contributed by atoms with Gasteiger partial charge in [-0.1, -0.05) is 12.1 Å². The number of nitrogens with zero attached hydrogens (tertiary/aromatic N) is 1. The van der Waals surface area contributed by atoms with Crippen molar-refractivity contribution in [2.75, 3.05) is 31.1 Å². The molecule has 0 atom stereocenters. The molecule has 26 heavy (non-hydrogen) atoms. The van der Waals surface area contributed by atoms with Crippen LogP contribution < -0.4 is 15.0 Å². The summed E-state index contributed by atoms with van der Waals surface area (Å²) in [6.07, 6.45) is 3.22. The van der Waals surface area contributed by atoms with E-state index in [4.69, 9.17) is 4.74 Å². The van der Waals surface area contributed by atoms with E-state index in [-0.39, 0.29) is 5.91 Å². The lowest BCUT2D eigenvalue weighted by Gasteiger charge is -2.30. The highest BCUT2D eigenvalue weighted by Gasteiger charge is 2.15. The molecule has 0 fully saturated rings. The summed E-state index contributed by atoms with van der Waals surface area (Å²) in [5, 5.41) is 3.01. The lowest BCUT2D eigenvalue weighted by Crippen LogP contribution is -2.29. The maximum atomic E-state index is 12.3. The number of hydrogen-bond donors (Lipinski definition) is 1. The van der Waals surface area contributed by atoms with Crippen LogP contribution in [-0.4, -0.2) is 32.1 Å². The number of ether oxygens (including phenoxy) is 1. The van der Waals surface area contributed by atoms with Gasteiger partial charge in [0.05, 0.1) is 6.61 Å². The summed E-state index contributed by atoms with van der Waals surface area (Å²) in [6, 6.07) is 14.0. The van der Waals surface area contributed by atoms with Crippen LogP contribution in [0.2, 0.25) is 0 Å². The van der Waals surface area contributed by atoms with Gasteiger partial charge in [0.1, 0.15) is 5.75 Å². The standard InChI is InChI=1S/C22H28N2O2/c1-3-24-15-5-6-19-16-17(7-12-21(19)24)13-14-23-22(25)18-8-10-20(11-9-18)26-4-2/h7-12,16H,3-6,13-15H2,1-2H3,(H,23,25). The van der Waals surface area contributed by atoms with Crippen LogP contribution in [-0.2, 0) is 12.8 Å². The second-order valence-electron chi connectivity index (χ2n) is 6.61. The molecule has 1 aliphatic heterocycles. The number of carbonyl (C=O) groups excluding carboxylic acids is 1. The minimum Gasteiger partial charge on any atom is -0.494 e. The van der Waals surface area contributed by atoms with Crippen LogP contribution >= 0.6 is 0 Å². The molecule has 138 valence electrons. The molecule has 0 bridgehead atoms. The maximum absolute atomic E-state index is 12.3. The summed E-state index contributed by atoms with van der Waals surface area (Å²) in [5.41, 5.74) is 4.76. The van der Waals surface area contributed by atoms with Crippen LogP contribution in [0.5, 0.6) is 5.75 Å². The van der Waals surface area contributed by atoms with Gasteiger partial charge in [0, 0.05) is 30.9 Å². The number of hydrogen-bond acceptors (Lipinski definition) is 3. The summed E-state index contributed by atoms with van der Waals surface area (Å²) in [6.45, 7) is 7.64.